The van der Waals surface area contributed by atoms with E-state index in [1.165, 1.54) is 10.9 Å². The fraction of sp³-hybridized carbons (Fsp3) is 0.304. The first-order valence-electron chi connectivity index (χ1n) is 10.1. The summed E-state index contributed by atoms with van der Waals surface area (Å²) in [5.74, 6) is 0.0952. The number of nitrogens with zero attached hydrogens (tertiary/aromatic N) is 3. The molecule has 3 aromatic rings. The zero-order chi connectivity index (χ0) is 22.0. The van der Waals surface area contributed by atoms with Crippen LogP contribution in [0.3, 0.4) is 0 Å². The standard InChI is InChI=1S/C23H24N4O4/c1-26-14-24-19-8-7-17(12-18(19)23(26)30)25-22(29)16-11-21(28)27(13-16)10-9-15-5-3-4-6-20(15)31-2/h3-8,12,14,16H,9-11,13H2,1-2H3,(H,25,29)/t16-/m1/s1. The van der Waals surface area contributed by atoms with Crippen LogP contribution in [0.1, 0.15) is 12.0 Å². The number of methoxy groups -OCH3 is 1. The van der Waals surface area contributed by atoms with Gasteiger partial charge in [0, 0.05) is 32.2 Å². The van der Waals surface area contributed by atoms with E-state index in [4.69, 9.17) is 4.74 Å². The smallest absolute Gasteiger partial charge is 0.260 e. The predicted molar refractivity (Wildman–Crippen MR) is 117 cm³/mol. The number of hydrogen-bond donors (Lipinski definition) is 1. The van der Waals surface area contributed by atoms with Crippen molar-refractivity contribution in [3.63, 3.8) is 0 Å². The third kappa shape index (κ3) is 4.28. The molecule has 31 heavy (non-hydrogen) atoms. The molecule has 1 aliphatic rings. The minimum Gasteiger partial charge on any atom is -0.496 e. The van der Waals surface area contributed by atoms with Crippen molar-refractivity contribution in [1.29, 1.82) is 0 Å². The highest BCUT2D eigenvalue weighted by molar-refractivity contribution is 5.98. The van der Waals surface area contributed by atoms with E-state index in [1.54, 1.807) is 37.3 Å². The number of fused-ring (bicyclic) bond motifs is 1. The van der Waals surface area contributed by atoms with Crippen LogP contribution in [0.25, 0.3) is 10.9 Å². The molecule has 1 fully saturated rings. The minimum absolute atomic E-state index is 0.0355. The molecular weight excluding hydrogens is 396 g/mol. The zero-order valence-electron chi connectivity index (χ0n) is 17.5. The fourth-order valence-corrected chi connectivity index (χ4v) is 3.86. The number of ether oxygens (including phenoxy) is 1. The number of nitrogens with one attached hydrogen (secondary N) is 1. The first-order chi connectivity index (χ1) is 15.0. The number of carbonyl (C=O) groups is 2. The van der Waals surface area contributed by atoms with E-state index in [2.05, 4.69) is 10.3 Å². The van der Waals surface area contributed by atoms with Crippen LogP contribution in [0, 0.1) is 5.92 Å². The average molecular weight is 420 g/mol. The summed E-state index contributed by atoms with van der Waals surface area (Å²) in [6.07, 6.45) is 2.30. The van der Waals surface area contributed by atoms with Crippen LogP contribution >= 0.6 is 0 Å². The van der Waals surface area contributed by atoms with Crippen LogP contribution in [0.5, 0.6) is 5.75 Å². The Labute approximate surface area is 179 Å². The Morgan fingerprint density at radius 1 is 1.23 bits per heavy atom. The van der Waals surface area contributed by atoms with Gasteiger partial charge in [0.25, 0.3) is 5.56 Å². The Hall–Kier alpha value is -3.68. The molecule has 0 unspecified atom stereocenters. The van der Waals surface area contributed by atoms with Gasteiger partial charge in [-0.25, -0.2) is 4.98 Å². The largest absolute Gasteiger partial charge is 0.496 e. The Kier molecular flexibility index (Phi) is 5.70. The topological polar surface area (TPSA) is 93.5 Å². The van der Waals surface area contributed by atoms with Gasteiger partial charge in [0.15, 0.2) is 0 Å². The third-order valence-corrected chi connectivity index (χ3v) is 5.61. The summed E-state index contributed by atoms with van der Waals surface area (Å²) in [5.41, 5.74) is 1.93. The first-order valence-corrected chi connectivity index (χ1v) is 10.1. The number of carbonyl (C=O) groups excluding carboxylic acids is 2. The van der Waals surface area contributed by atoms with Crippen molar-refractivity contribution >= 4 is 28.4 Å². The Morgan fingerprint density at radius 3 is 2.84 bits per heavy atom. The molecule has 2 amide bonds. The number of anilines is 1. The van der Waals surface area contributed by atoms with Crippen molar-refractivity contribution in [2.24, 2.45) is 13.0 Å². The molecule has 1 aromatic heterocycles. The molecule has 0 aliphatic carbocycles. The van der Waals surface area contributed by atoms with Crippen molar-refractivity contribution in [3.8, 4) is 5.75 Å². The SMILES string of the molecule is COc1ccccc1CCN1C[C@H](C(=O)Nc2ccc3ncn(C)c(=O)c3c2)CC1=O. The molecule has 160 valence electrons. The quantitative estimate of drug-likeness (QED) is 0.658. The highest BCUT2D eigenvalue weighted by atomic mass is 16.5. The molecule has 2 aromatic carbocycles. The van der Waals surface area contributed by atoms with Crippen molar-refractivity contribution in [2.45, 2.75) is 12.8 Å². The second-order valence-electron chi connectivity index (χ2n) is 7.68. The summed E-state index contributed by atoms with van der Waals surface area (Å²) in [4.78, 5) is 43.4. The molecule has 8 nitrogen and oxygen atoms in total. The van der Waals surface area contributed by atoms with E-state index >= 15 is 0 Å². The van der Waals surface area contributed by atoms with Gasteiger partial charge in [-0.1, -0.05) is 18.2 Å². The van der Waals surface area contributed by atoms with Crippen LogP contribution in [-0.4, -0.2) is 46.5 Å². The molecule has 4 rings (SSSR count). The van der Waals surface area contributed by atoms with Gasteiger partial charge in [-0.2, -0.15) is 0 Å². The highest BCUT2D eigenvalue weighted by Crippen LogP contribution is 2.23. The van der Waals surface area contributed by atoms with E-state index in [0.717, 1.165) is 11.3 Å². The lowest BCUT2D eigenvalue weighted by molar-refractivity contribution is -0.128. The fourth-order valence-electron chi connectivity index (χ4n) is 3.86. The maximum absolute atomic E-state index is 12.8. The first kappa shape index (κ1) is 20.6. The number of hydrogen-bond acceptors (Lipinski definition) is 5. The van der Waals surface area contributed by atoms with Crippen LogP contribution < -0.4 is 15.6 Å². The molecule has 1 saturated heterocycles. The van der Waals surface area contributed by atoms with Gasteiger partial charge in [-0.15, -0.1) is 0 Å². The van der Waals surface area contributed by atoms with E-state index in [0.29, 0.717) is 36.1 Å². The second-order valence-corrected chi connectivity index (χ2v) is 7.68. The van der Waals surface area contributed by atoms with Crippen molar-refractivity contribution in [2.75, 3.05) is 25.5 Å². The normalized spacial score (nSPS) is 16.0. The molecule has 0 saturated carbocycles. The number of amides is 2. The summed E-state index contributed by atoms with van der Waals surface area (Å²) in [6.45, 7) is 0.900. The summed E-state index contributed by atoms with van der Waals surface area (Å²) in [6, 6.07) is 12.7. The Balaban J connectivity index is 1.41. The summed E-state index contributed by atoms with van der Waals surface area (Å²) in [5, 5.41) is 3.28. The maximum atomic E-state index is 12.8. The number of para-hydroxylation sites is 1. The van der Waals surface area contributed by atoms with E-state index < -0.39 is 5.92 Å². The maximum Gasteiger partial charge on any atom is 0.260 e. The van der Waals surface area contributed by atoms with Crippen LogP contribution in [0.15, 0.2) is 53.6 Å². The zero-order valence-corrected chi connectivity index (χ0v) is 17.5. The van der Waals surface area contributed by atoms with E-state index in [9.17, 15) is 14.4 Å². The number of likely N-dealkylation sites (tertiary alicyclic amines) is 1. The molecular formula is C23H24N4O4. The molecule has 1 aliphatic heterocycles. The van der Waals surface area contributed by atoms with Gasteiger partial charge >= 0.3 is 0 Å². The van der Waals surface area contributed by atoms with Crippen LogP contribution in [0.4, 0.5) is 5.69 Å². The molecule has 1 N–H and O–H groups in total. The van der Waals surface area contributed by atoms with Gasteiger partial charge in [0.1, 0.15) is 5.75 Å². The average Bonchev–Trinajstić information content (AvgIpc) is 3.16. The number of benzene rings is 2. The minimum atomic E-state index is -0.433. The lowest BCUT2D eigenvalue weighted by Gasteiger charge is -2.17. The van der Waals surface area contributed by atoms with E-state index in [1.807, 2.05) is 24.3 Å². The Bertz CT molecular complexity index is 1200. The van der Waals surface area contributed by atoms with Gasteiger partial charge in [-0.3, -0.25) is 14.4 Å². The van der Waals surface area contributed by atoms with Crippen molar-refractivity contribution < 1.29 is 14.3 Å². The van der Waals surface area contributed by atoms with Gasteiger partial charge in [0.05, 0.1) is 30.3 Å². The number of rotatable bonds is 6. The molecule has 2 heterocycles. The lowest BCUT2D eigenvalue weighted by Crippen LogP contribution is -2.30. The summed E-state index contributed by atoms with van der Waals surface area (Å²) >= 11 is 0. The third-order valence-electron chi connectivity index (χ3n) is 5.61. The Morgan fingerprint density at radius 2 is 2.03 bits per heavy atom. The van der Waals surface area contributed by atoms with Crippen molar-refractivity contribution in [3.05, 3.63) is 64.7 Å². The molecule has 0 spiro atoms. The number of aromatic nitrogens is 2. The summed E-state index contributed by atoms with van der Waals surface area (Å²) < 4.78 is 6.76. The van der Waals surface area contributed by atoms with E-state index in [-0.39, 0.29) is 23.8 Å². The van der Waals surface area contributed by atoms with Gasteiger partial charge < -0.3 is 19.5 Å². The van der Waals surface area contributed by atoms with Gasteiger partial charge in [-0.05, 0) is 36.2 Å². The van der Waals surface area contributed by atoms with Gasteiger partial charge in [0.2, 0.25) is 11.8 Å². The lowest BCUT2D eigenvalue weighted by atomic mass is 10.1. The van der Waals surface area contributed by atoms with Crippen LogP contribution in [-0.2, 0) is 23.1 Å². The second kappa shape index (κ2) is 8.59. The molecule has 8 heteroatoms. The monoisotopic (exact) mass is 420 g/mol. The number of aryl methyl sites for hydroxylation is 1. The predicted octanol–water partition coefficient (Wildman–Crippen LogP) is 1.97. The molecule has 1 atom stereocenters. The van der Waals surface area contributed by atoms with Crippen molar-refractivity contribution in [1.82, 2.24) is 14.5 Å². The summed E-state index contributed by atoms with van der Waals surface area (Å²) in [7, 11) is 3.25. The molecule has 0 radical (unpaired) electrons. The highest BCUT2D eigenvalue weighted by Gasteiger charge is 2.34. The molecule has 0 bridgehead atoms. The van der Waals surface area contributed by atoms with Crippen LogP contribution in [0.2, 0.25) is 0 Å².